The largest absolute Gasteiger partial charge is 0.495 e. The van der Waals surface area contributed by atoms with Gasteiger partial charge in [0.2, 0.25) is 5.91 Å². The van der Waals surface area contributed by atoms with E-state index in [2.05, 4.69) is 15.1 Å². The summed E-state index contributed by atoms with van der Waals surface area (Å²) >= 11 is 6.09. The molecular formula is C17H24ClN3O3. The summed E-state index contributed by atoms with van der Waals surface area (Å²) < 4.78 is 10.5. The minimum absolute atomic E-state index is 0.0517. The predicted octanol–water partition coefficient (Wildman–Crippen LogP) is 2.08. The molecule has 1 amide bonds. The number of methoxy groups -OCH3 is 2. The SMILES string of the molecule is COc1cc(NC(=O)CN2CCN3CCCC3C2)c(OC)cc1Cl. The second-order valence-electron chi connectivity index (χ2n) is 6.30. The number of nitrogens with zero attached hydrogens (tertiary/aromatic N) is 2. The lowest BCUT2D eigenvalue weighted by Gasteiger charge is -2.37. The number of anilines is 1. The summed E-state index contributed by atoms with van der Waals surface area (Å²) in [5.74, 6) is 0.978. The molecule has 3 rings (SSSR count). The van der Waals surface area contributed by atoms with E-state index >= 15 is 0 Å². The molecule has 0 aliphatic carbocycles. The van der Waals surface area contributed by atoms with Gasteiger partial charge in [-0.05, 0) is 19.4 Å². The lowest BCUT2D eigenvalue weighted by molar-refractivity contribution is -0.117. The van der Waals surface area contributed by atoms with Gasteiger partial charge in [-0.25, -0.2) is 0 Å². The molecule has 2 aliphatic heterocycles. The molecule has 2 fully saturated rings. The maximum Gasteiger partial charge on any atom is 0.238 e. The highest BCUT2D eigenvalue weighted by Crippen LogP contribution is 2.35. The Morgan fingerprint density at radius 3 is 2.79 bits per heavy atom. The Balaban J connectivity index is 1.62. The molecule has 1 aromatic carbocycles. The van der Waals surface area contributed by atoms with Crippen molar-refractivity contribution < 1.29 is 14.3 Å². The Hall–Kier alpha value is -1.50. The topological polar surface area (TPSA) is 54.0 Å². The summed E-state index contributed by atoms with van der Waals surface area (Å²) in [6, 6.07) is 3.94. The number of carbonyl (C=O) groups excluding carboxylic acids is 1. The van der Waals surface area contributed by atoms with Crippen molar-refractivity contribution in [3.05, 3.63) is 17.2 Å². The van der Waals surface area contributed by atoms with E-state index in [1.807, 2.05) is 0 Å². The first-order valence-electron chi connectivity index (χ1n) is 8.28. The summed E-state index contributed by atoms with van der Waals surface area (Å²) in [5.41, 5.74) is 0.572. The molecule has 132 valence electrons. The molecule has 1 atom stereocenters. The van der Waals surface area contributed by atoms with Crippen molar-refractivity contribution in [3.63, 3.8) is 0 Å². The number of fused-ring (bicyclic) bond motifs is 1. The summed E-state index contributed by atoms with van der Waals surface area (Å²) in [4.78, 5) is 17.2. The Kier molecular flexibility index (Phi) is 5.48. The van der Waals surface area contributed by atoms with Crippen molar-refractivity contribution in [2.75, 3.05) is 52.3 Å². The van der Waals surface area contributed by atoms with Crippen molar-refractivity contribution in [2.24, 2.45) is 0 Å². The zero-order chi connectivity index (χ0) is 17.1. The van der Waals surface area contributed by atoms with Gasteiger partial charge in [-0.2, -0.15) is 0 Å². The number of nitrogens with one attached hydrogen (secondary N) is 1. The van der Waals surface area contributed by atoms with Crippen LogP contribution in [-0.2, 0) is 4.79 Å². The molecule has 24 heavy (non-hydrogen) atoms. The van der Waals surface area contributed by atoms with Crippen LogP contribution in [0.5, 0.6) is 11.5 Å². The molecule has 0 bridgehead atoms. The number of carbonyl (C=O) groups is 1. The highest BCUT2D eigenvalue weighted by Gasteiger charge is 2.31. The number of amides is 1. The van der Waals surface area contributed by atoms with Crippen LogP contribution in [0.3, 0.4) is 0 Å². The maximum atomic E-state index is 12.4. The van der Waals surface area contributed by atoms with Gasteiger partial charge in [-0.15, -0.1) is 0 Å². The molecule has 0 spiro atoms. The molecule has 0 radical (unpaired) electrons. The summed E-state index contributed by atoms with van der Waals surface area (Å²) in [6.07, 6.45) is 2.51. The number of hydrogen-bond donors (Lipinski definition) is 1. The zero-order valence-electron chi connectivity index (χ0n) is 14.2. The number of benzene rings is 1. The van der Waals surface area contributed by atoms with Crippen LogP contribution >= 0.6 is 11.6 Å². The Morgan fingerprint density at radius 1 is 1.25 bits per heavy atom. The smallest absolute Gasteiger partial charge is 0.238 e. The van der Waals surface area contributed by atoms with Gasteiger partial charge in [0, 0.05) is 37.8 Å². The molecule has 0 aromatic heterocycles. The fourth-order valence-electron chi connectivity index (χ4n) is 3.55. The van der Waals surface area contributed by atoms with E-state index in [1.165, 1.54) is 19.4 Å². The van der Waals surface area contributed by atoms with Crippen LogP contribution in [0.15, 0.2) is 12.1 Å². The van der Waals surface area contributed by atoms with E-state index in [9.17, 15) is 4.79 Å². The van der Waals surface area contributed by atoms with E-state index in [1.54, 1.807) is 26.4 Å². The van der Waals surface area contributed by atoms with Gasteiger partial charge in [0.15, 0.2) is 0 Å². The van der Waals surface area contributed by atoms with Gasteiger partial charge in [-0.3, -0.25) is 14.6 Å². The lowest BCUT2D eigenvalue weighted by atomic mass is 10.1. The zero-order valence-corrected chi connectivity index (χ0v) is 14.9. The summed E-state index contributed by atoms with van der Waals surface area (Å²) in [7, 11) is 3.09. The quantitative estimate of drug-likeness (QED) is 0.878. The lowest BCUT2D eigenvalue weighted by Crippen LogP contribution is -2.51. The third kappa shape index (κ3) is 3.77. The van der Waals surface area contributed by atoms with Gasteiger partial charge in [0.05, 0.1) is 31.5 Å². The van der Waals surface area contributed by atoms with Crippen molar-refractivity contribution in [2.45, 2.75) is 18.9 Å². The van der Waals surface area contributed by atoms with Crippen LogP contribution in [-0.4, -0.2) is 68.7 Å². The average Bonchev–Trinajstić information content (AvgIpc) is 3.03. The summed E-state index contributed by atoms with van der Waals surface area (Å²) in [5, 5.41) is 3.36. The third-order valence-corrected chi connectivity index (χ3v) is 5.08. The number of rotatable bonds is 5. The normalized spacial score (nSPS) is 21.4. The van der Waals surface area contributed by atoms with Crippen molar-refractivity contribution in [1.29, 1.82) is 0 Å². The molecule has 0 saturated carbocycles. The van der Waals surface area contributed by atoms with E-state index in [0.29, 0.717) is 34.8 Å². The van der Waals surface area contributed by atoms with Crippen LogP contribution in [0.2, 0.25) is 5.02 Å². The fourth-order valence-corrected chi connectivity index (χ4v) is 3.78. The van der Waals surface area contributed by atoms with Crippen LogP contribution in [0.4, 0.5) is 5.69 Å². The summed E-state index contributed by atoms with van der Waals surface area (Å²) in [6.45, 7) is 4.54. The average molecular weight is 354 g/mol. The molecule has 2 aliphatic rings. The first-order chi connectivity index (χ1) is 11.6. The minimum atomic E-state index is -0.0517. The van der Waals surface area contributed by atoms with Gasteiger partial charge >= 0.3 is 0 Å². The predicted molar refractivity (Wildman–Crippen MR) is 94.2 cm³/mol. The van der Waals surface area contributed by atoms with Gasteiger partial charge in [0.1, 0.15) is 11.5 Å². The molecule has 2 heterocycles. The fraction of sp³-hybridized carbons (Fsp3) is 0.588. The number of ether oxygens (including phenoxy) is 2. The number of piperazine rings is 1. The first kappa shape index (κ1) is 17.3. The number of halogens is 1. The first-order valence-corrected chi connectivity index (χ1v) is 8.66. The van der Waals surface area contributed by atoms with Gasteiger partial charge in [0.25, 0.3) is 0 Å². The van der Waals surface area contributed by atoms with E-state index < -0.39 is 0 Å². The Bertz CT molecular complexity index is 611. The van der Waals surface area contributed by atoms with Crippen LogP contribution in [0.25, 0.3) is 0 Å². The second-order valence-corrected chi connectivity index (χ2v) is 6.71. The Morgan fingerprint density at radius 2 is 2.04 bits per heavy atom. The molecule has 6 nitrogen and oxygen atoms in total. The van der Waals surface area contributed by atoms with Crippen molar-refractivity contribution in [1.82, 2.24) is 9.80 Å². The molecular weight excluding hydrogens is 330 g/mol. The molecule has 1 unspecified atom stereocenters. The highest BCUT2D eigenvalue weighted by molar-refractivity contribution is 6.32. The Labute approximate surface area is 147 Å². The van der Waals surface area contributed by atoms with Crippen LogP contribution in [0.1, 0.15) is 12.8 Å². The molecule has 1 N–H and O–H groups in total. The van der Waals surface area contributed by atoms with E-state index in [-0.39, 0.29) is 5.91 Å². The van der Waals surface area contributed by atoms with Gasteiger partial charge < -0.3 is 14.8 Å². The molecule has 2 saturated heterocycles. The maximum absolute atomic E-state index is 12.4. The standard InChI is InChI=1S/C17H24ClN3O3/c1-23-15-9-14(16(24-2)8-13(15)18)19-17(22)11-20-6-7-21-5-3-4-12(21)10-20/h8-9,12H,3-7,10-11H2,1-2H3,(H,19,22). The van der Waals surface area contributed by atoms with Crippen molar-refractivity contribution in [3.8, 4) is 11.5 Å². The van der Waals surface area contributed by atoms with Gasteiger partial charge in [-0.1, -0.05) is 11.6 Å². The minimum Gasteiger partial charge on any atom is -0.495 e. The second kappa shape index (κ2) is 7.59. The monoisotopic (exact) mass is 353 g/mol. The van der Waals surface area contributed by atoms with E-state index in [0.717, 1.165) is 19.6 Å². The third-order valence-electron chi connectivity index (χ3n) is 4.79. The van der Waals surface area contributed by atoms with E-state index in [4.69, 9.17) is 21.1 Å². The molecule has 7 heteroatoms. The molecule has 1 aromatic rings. The number of hydrogen-bond acceptors (Lipinski definition) is 5. The van der Waals surface area contributed by atoms with Crippen LogP contribution in [0, 0.1) is 0 Å². The van der Waals surface area contributed by atoms with Crippen molar-refractivity contribution >= 4 is 23.2 Å². The highest BCUT2D eigenvalue weighted by atomic mass is 35.5. The van der Waals surface area contributed by atoms with Crippen LogP contribution < -0.4 is 14.8 Å².